The topological polar surface area (TPSA) is 57.7 Å². The number of ether oxygens (including phenoxy) is 1. The minimum absolute atomic E-state index is 0.0132. The van der Waals surface area contributed by atoms with E-state index >= 15 is 0 Å². The second-order valence-electron chi connectivity index (χ2n) is 6.13. The van der Waals surface area contributed by atoms with E-state index in [9.17, 15) is 4.79 Å². The van der Waals surface area contributed by atoms with Crippen LogP contribution in [0.3, 0.4) is 0 Å². The van der Waals surface area contributed by atoms with E-state index in [2.05, 4.69) is 21.2 Å². The van der Waals surface area contributed by atoms with Gasteiger partial charge < -0.3 is 19.9 Å². The van der Waals surface area contributed by atoms with Gasteiger partial charge in [-0.25, -0.2) is 4.98 Å². The minimum Gasteiger partial charge on any atom is -0.495 e. The standard InChI is InChI=1S/C19H26N4O2S/c1-4-14-17(18(24)20-5-2)26-19(21-14)23-12-10-22(11-13-23)15-8-6-7-9-16(15)25-3/h6-9H,4-5,10-13H2,1-3H3,(H,20,24). The van der Waals surface area contributed by atoms with Gasteiger partial charge >= 0.3 is 0 Å². The summed E-state index contributed by atoms with van der Waals surface area (Å²) in [6.07, 6.45) is 0.768. The van der Waals surface area contributed by atoms with Gasteiger partial charge in [0.15, 0.2) is 5.13 Å². The molecule has 3 rings (SSSR count). The summed E-state index contributed by atoms with van der Waals surface area (Å²) < 4.78 is 5.48. The molecule has 1 aromatic carbocycles. The van der Waals surface area contributed by atoms with Crippen LogP contribution in [0.2, 0.25) is 0 Å². The number of thiazole rings is 1. The number of hydrogen-bond donors (Lipinski definition) is 1. The van der Waals surface area contributed by atoms with E-state index < -0.39 is 0 Å². The molecule has 0 saturated carbocycles. The number of methoxy groups -OCH3 is 1. The van der Waals surface area contributed by atoms with E-state index in [0.717, 1.165) is 59.7 Å². The lowest BCUT2D eigenvalue weighted by molar-refractivity contribution is 0.0959. The van der Waals surface area contributed by atoms with E-state index in [1.54, 1.807) is 7.11 Å². The van der Waals surface area contributed by atoms with Crippen LogP contribution in [0, 0.1) is 0 Å². The quantitative estimate of drug-likeness (QED) is 0.843. The molecule has 7 heteroatoms. The van der Waals surface area contributed by atoms with E-state index in [-0.39, 0.29) is 5.91 Å². The normalized spacial score (nSPS) is 14.4. The van der Waals surface area contributed by atoms with Gasteiger partial charge in [0, 0.05) is 32.7 Å². The Morgan fingerprint density at radius 2 is 1.88 bits per heavy atom. The van der Waals surface area contributed by atoms with Crippen molar-refractivity contribution >= 4 is 28.1 Å². The zero-order valence-corrected chi connectivity index (χ0v) is 16.4. The number of rotatable bonds is 6. The number of piperazine rings is 1. The molecule has 6 nitrogen and oxygen atoms in total. The van der Waals surface area contributed by atoms with Crippen molar-refractivity contribution in [1.29, 1.82) is 0 Å². The highest BCUT2D eigenvalue weighted by atomic mass is 32.1. The van der Waals surface area contributed by atoms with E-state index in [1.807, 2.05) is 32.0 Å². The van der Waals surface area contributed by atoms with Crippen LogP contribution in [0.4, 0.5) is 10.8 Å². The molecule has 0 aliphatic carbocycles. The lowest BCUT2D eigenvalue weighted by Crippen LogP contribution is -2.46. The van der Waals surface area contributed by atoms with E-state index in [1.165, 1.54) is 11.3 Å². The summed E-state index contributed by atoms with van der Waals surface area (Å²) in [6, 6.07) is 8.12. The van der Waals surface area contributed by atoms with Crippen LogP contribution < -0.4 is 19.9 Å². The van der Waals surface area contributed by atoms with Crippen molar-refractivity contribution in [2.75, 3.05) is 49.6 Å². The Morgan fingerprint density at radius 1 is 1.19 bits per heavy atom. The Morgan fingerprint density at radius 3 is 2.54 bits per heavy atom. The average molecular weight is 375 g/mol. The van der Waals surface area contributed by atoms with Gasteiger partial charge in [0.05, 0.1) is 18.5 Å². The summed E-state index contributed by atoms with van der Waals surface area (Å²) >= 11 is 1.50. The van der Waals surface area contributed by atoms with Crippen LogP contribution >= 0.6 is 11.3 Å². The number of hydrogen-bond acceptors (Lipinski definition) is 6. The third kappa shape index (κ3) is 3.77. The zero-order valence-electron chi connectivity index (χ0n) is 15.6. The first-order valence-electron chi connectivity index (χ1n) is 9.08. The zero-order chi connectivity index (χ0) is 18.5. The molecule has 1 saturated heterocycles. The van der Waals surface area contributed by atoms with Crippen LogP contribution in [-0.2, 0) is 6.42 Å². The number of para-hydroxylation sites is 2. The highest BCUT2D eigenvalue weighted by Gasteiger charge is 2.24. The molecule has 0 bridgehead atoms. The van der Waals surface area contributed by atoms with Gasteiger partial charge in [-0.2, -0.15) is 0 Å². The van der Waals surface area contributed by atoms with Gasteiger partial charge in [0.25, 0.3) is 5.91 Å². The molecule has 0 spiro atoms. The summed E-state index contributed by atoms with van der Waals surface area (Å²) in [5, 5.41) is 3.83. The summed E-state index contributed by atoms with van der Waals surface area (Å²) in [5.41, 5.74) is 2.02. The highest BCUT2D eigenvalue weighted by molar-refractivity contribution is 7.17. The summed E-state index contributed by atoms with van der Waals surface area (Å²) in [5.74, 6) is 0.891. The number of carbonyl (C=O) groups excluding carboxylic acids is 1. The molecule has 140 valence electrons. The minimum atomic E-state index is -0.0132. The number of carbonyl (C=O) groups is 1. The summed E-state index contributed by atoms with van der Waals surface area (Å²) in [7, 11) is 1.71. The maximum Gasteiger partial charge on any atom is 0.263 e. The second-order valence-corrected chi connectivity index (χ2v) is 7.11. The van der Waals surface area contributed by atoms with Crippen LogP contribution in [0.15, 0.2) is 24.3 Å². The molecule has 2 aromatic rings. The highest BCUT2D eigenvalue weighted by Crippen LogP contribution is 2.31. The first kappa shape index (κ1) is 18.5. The maximum atomic E-state index is 12.2. The van der Waals surface area contributed by atoms with Gasteiger partial charge in [-0.1, -0.05) is 30.4 Å². The molecule has 1 aliphatic rings. The van der Waals surface area contributed by atoms with Gasteiger partial charge in [-0.15, -0.1) is 0 Å². The number of nitrogens with one attached hydrogen (secondary N) is 1. The van der Waals surface area contributed by atoms with Crippen molar-refractivity contribution in [1.82, 2.24) is 10.3 Å². The fraction of sp³-hybridized carbons (Fsp3) is 0.474. The van der Waals surface area contributed by atoms with Crippen LogP contribution in [0.1, 0.15) is 29.2 Å². The Kier molecular flexibility index (Phi) is 5.98. The number of benzene rings is 1. The fourth-order valence-electron chi connectivity index (χ4n) is 3.16. The van der Waals surface area contributed by atoms with E-state index in [4.69, 9.17) is 9.72 Å². The Balaban J connectivity index is 1.71. The summed E-state index contributed by atoms with van der Waals surface area (Å²) in [6.45, 7) is 8.17. The first-order valence-corrected chi connectivity index (χ1v) is 9.90. The van der Waals surface area contributed by atoms with Gasteiger partial charge in [-0.05, 0) is 25.5 Å². The lowest BCUT2D eigenvalue weighted by atomic mass is 10.2. The van der Waals surface area contributed by atoms with Gasteiger partial charge in [0.1, 0.15) is 10.6 Å². The third-order valence-corrected chi connectivity index (χ3v) is 5.70. The monoisotopic (exact) mass is 374 g/mol. The second kappa shape index (κ2) is 8.40. The number of anilines is 2. The molecule has 1 aliphatic heterocycles. The largest absolute Gasteiger partial charge is 0.495 e. The predicted molar refractivity (Wildman–Crippen MR) is 107 cm³/mol. The molecule has 1 fully saturated rings. The van der Waals surface area contributed by atoms with Crippen molar-refractivity contribution in [3.8, 4) is 5.75 Å². The molecular weight excluding hydrogens is 348 g/mol. The molecular formula is C19H26N4O2S. The molecule has 0 radical (unpaired) electrons. The van der Waals surface area contributed by atoms with Crippen LogP contribution in [-0.4, -0.2) is 50.7 Å². The Hall–Kier alpha value is -2.28. The molecule has 26 heavy (non-hydrogen) atoms. The van der Waals surface area contributed by atoms with Gasteiger partial charge in [-0.3, -0.25) is 4.79 Å². The van der Waals surface area contributed by atoms with Crippen molar-refractivity contribution in [3.05, 3.63) is 34.8 Å². The van der Waals surface area contributed by atoms with Crippen LogP contribution in [0.5, 0.6) is 5.75 Å². The Bertz CT molecular complexity index is 754. The van der Waals surface area contributed by atoms with Gasteiger partial charge in [0.2, 0.25) is 0 Å². The predicted octanol–water partition coefficient (Wildman–Crippen LogP) is 2.79. The number of nitrogens with zero attached hydrogens (tertiary/aromatic N) is 3. The van der Waals surface area contributed by atoms with Crippen LogP contribution in [0.25, 0.3) is 0 Å². The van der Waals surface area contributed by atoms with Crippen molar-refractivity contribution < 1.29 is 9.53 Å². The van der Waals surface area contributed by atoms with Crippen molar-refractivity contribution in [3.63, 3.8) is 0 Å². The SMILES string of the molecule is CCNC(=O)c1sc(N2CCN(c3ccccc3OC)CC2)nc1CC. The third-order valence-electron chi connectivity index (χ3n) is 4.54. The fourth-order valence-corrected chi connectivity index (χ4v) is 4.28. The number of aryl methyl sites for hydroxylation is 1. The number of amides is 1. The average Bonchev–Trinajstić information content (AvgIpc) is 3.13. The molecule has 1 amide bonds. The number of aromatic nitrogens is 1. The molecule has 2 heterocycles. The Labute approximate surface area is 158 Å². The molecule has 0 unspecified atom stereocenters. The first-order chi connectivity index (χ1) is 12.7. The smallest absolute Gasteiger partial charge is 0.263 e. The maximum absolute atomic E-state index is 12.2. The molecule has 0 atom stereocenters. The molecule has 1 N–H and O–H groups in total. The van der Waals surface area contributed by atoms with Crippen molar-refractivity contribution in [2.24, 2.45) is 0 Å². The summed E-state index contributed by atoms with van der Waals surface area (Å²) in [4.78, 5) is 22.3. The van der Waals surface area contributed by atoms with E-state index in [0.29, 0.717) is 6.54 Å². The lowest BCUT2D eigenvalue weighted by Gasteiger charge is -2.36. The van der Waals surface area contributed by atoms with Crippen molar-refractivity contribution in [2.45, 2.75) is 20.3 Å². The molecule has 1 aromatic heterocycles.